The molecule has 5 nitrogen and oxygen atoms in total. The third kappa shape index (κ3) is 2.97. The molecule has 1 atom stereocenters. The van der Waals surface area contributed by atoms with Crippen LogP contribution in [0.4, 0.5) is 18.9 Å². The number of nitrogens with one attached hydrogen (secondary N) is 1. The molecule has 2 amide bonds. The van der Waals surface area contributed by atoms with E-state index in [0.717, 1.165) is 17.4 Å². The zero-order chi connectivity index (χ0) is 19.5. The van der Waals surface area contributed by atoms with E-state index in [1.165, 1.54) is 4.90 Å². The zero-order valence-electron chi connectivity index (χ0n) is 14.8. The van der Waals surface area contributed by atoms with E-state index < -0.39 is 29.6 Å². The second-order valence-electron chi connectivity index (χ2n) is 7.39. The molecule has 0 spiro atoms. The molecule has 2 aromatic rings. The quantitative estimate of drug-likeness (QED) is 0.831. The topological polar surface area (TPSA) is 62.3 Å². The predicted molar refractivity (Wildman–Crippen MR) is 95.9 cm³/mol. The number of hydrogen-bond acceptors (Lipinski definition) is 4. The Kier molecular flexibility index (Phi) is 4.17. The minimum atomic E-state index is -4.61. The average molecular weight is 397 g/mol. The summed E-state index contributed by atoms with van der Waals surface area (Å²) in [6.07, 6.45) is -2.99. The molecule has 27 heavy (non-hydrogen) atoms. The molecule has 1 N–H and O–H groups in total. The van der Waals surface area contributed by atoms with Crippen molar-refractivity contribution in [1.29, 1.82) is 0 Å². The number of anilines is 1. The molecule has 0 aliphatic carbocycles. The molecule has 2 aromatic heterocycles. The fraction of sp³-hybridized carbons (Fsp3) is 0.500. The van der Waals surface area contributed by atoms with Crippen LogP contribution in [0.3, 0.4) is 0 Å². The lowest BCUT2D eigenvalue weighted by Crippen LogP contribution is -2.40. The Morgan fingerprint density at radius 3 is 2.78 bits per heavy atom. The summed E-state index contributed by atoms with van der Waals surface area (Å²) in [6.45, 7) is 4.24. The summed E-state index contributed by atoms with van der Waals surface area (Å²) in [7, 11) is 0. The van der Waals surface area contributed by atoms with Crippen molar-refractivity contribution >= 4 is 39.1 Å². The van der Waals surface area contributed by atoms with Crippen molar-refractivity contribution in [3.63, 3.8) is 0 Å². The van der Waals surface area contributed by atoms with Crippen LogP contribution in [0.1, 0.15) is 47.6 Å². The number of pyridine rings is 1. The summed E-state index contributed by atoms with van der Waals surface area (Å²) in [5.74, 6) is -0.688. The lowest BCUT2D eigenvalue weighted by atomic mass is 10.0. The third-order valence-electron chi connectivity index (χ3n) is 4.90. The number of carbonyl (C=O) groups excluding carboxylic acids is 2. The average Bonchev–Trinajstić information content (AvgIpc) is 3.15. The van der Waals surface area contributed by atoms with Gasteiger partial charge >= 0.3 is 6.18 Å². The van der Waals surface area contributed by atoms with E-state index in [1.54, 1.807) is 0 Å². The van der Waals surface area contributed by atoms with Crippen molar-refractivity contribution in [3.05, 3.63) is 22.2 Å². The lowest BCUT2D eigenvalue weighted by molar-refractivity contribution is -0.136. The van der Waals surface area contributed by atoms with Gasteiger partial charge < -0.3 is 10.2 Å². The van der Waals surface area contributed by atoms with Crippen LogP contribution in [0.15, 0.2) is 6.07 Å². The molecule has 4 heterocycles. The van der Waals surface area contributed by atoms with Gasteiger partial charge in [-0.15, -0.1) is 11.3 Å². The number of aromatic nitrogens is 1. The lowest BCUT2D eigenvalue weighted by Gasteiger charge is -2.19. The number of alkyl halides is 3. The maximum Gasteiger partial charge on any atom is 0.417 e. The molecule has 4 rings (SSSR count). The summed E-state index contributed by atoms with van der Waals surface area (Å²) in [4.78, 5) is 31.5. The van der Waals surface area contributed by atoms with Gasteiger partial charge in [-0.1, -0.05) is 13.8 Å². The predicted octanol–water partition coefficient (Wildman–Crippen LogP) is 4.07. The molecular weight excluding hydrogens is 379 g/mol. The summed E-state index contributed by atoms with van der Waals surface area (Å²) in [5, 5.41) is 2.41. The van der Waals surface area contributed by atoms with Gasteiger partial charge in [0.2, 0.25) is 5.91 Å². The van der Waals surface area contributed by atoms with Crippen LogP contribution >= 0.6 is 11.3 Å². The van der Waals surface area contributed by atoms with Gasteiger partial charge in [-0.3, -0.25) is 9.59 Å². The van der Waals surface area contributed by atoms with E-state index >= 15 is 0 Å². The molecule has 0 aromatic carbocycles. The minimum Gasteiger partial charge on any atom is -0.326 e. The van der Waals surface area contributed by atoms with Crippen LogP contribution in [0.2, 0.25) is 0 Å². The third-order valence-corrected chi connectivity index (χ3v) is 5.97. The van der Waals surface area contributed by atoms with Crippen LogP contribution < -0.4 is 5.32 Å². The number of hydrogen-bond donors (Lipinski definition) is 1. The number of fused-ring (bicyclic) bond motifs is 4. The second-order valence-corrected chi connectivity index (χ2v) is 8.39. The maximum atomic E-state index is 13.8. The van der Waals surface area contributed by atoms with Gasteiger partial charge in [-0.2, -0.15) is 13.2 Å². The summed E-state index contributed by atoms with van der Waals surface area (Å²) < 4.78 is 41.3. The van der Waals surface area contributed by atoms with Crippen molar-refractivity contribution in [2.75, 3.05) is 11.9 Å². The molecule has 1 unspecified atom stereocenters. The Bertz CT molecular complexity index is 951. The Morgan fingerprint density at radius 2 is 2.11 bits per heavy atom. The van der Waals surface area contributed by atoms with Gasteiger partial charge in [0.1, 0.15) is 15.7 Å². The smallest absolute Gasteiger partial charge is 0.326 e. The maximum absolute atomic E-state index is 13.8. The van der Waals surface area contributed by atoms with Crippen LogP contribution in [-0.2, 0) is 17.4 Å². The summed E-state index contributed by atoms with van der Waals surface area (Å²) >= 11 is 0.927. The first-order valence-corrected chi connectivity index (χ1v) is 9.64. The van der Waals surface area contributed by atoms with Crippen LogP contribution in [0.5, 0.6) is 0 Å². The van der Waals surface area contributed by atoms with Gasteiger partial charge in [-0.05, 0) is 31.2 Å². The zero-order valence-corrected chi connectivity index (χ0v) is 15.6. The molecule has 2 aliphatic rings. The van der Waals surface area contributed by atoms with Gasteiger partial charge in [0.25, 0.3) is 5.91 Å². The Labute approximate surface area is 157 Å². The fourth-order valence-electron chi connectivity index (χ4n) is 3.78. The molecular formula is C18H18F3N3O2S. The minimum absolute atomic E-state index is 0.0460. The van der Waals surface area contributed by atoms with E-state index in [1.807, 2.05) is 13.8 Å². The normalized spacial score (nSPS) is 20.1. The van der Waals surface area contributed by atoms with Gasteiger partial charge in [0.05, 0.1) is 11.3 Å². The van der Waals surface area contributed by atoms with Crippen molar-refractivity contribution in [3.8, 4) is 0 Å². The number of amides is 2. The molecule has 1 saturated heterocycles. The number of carbonyl (C=O) groups is 2. The van der Waals surface area contributed by atoms with Crippen molar-refractivity contribution in [2.45, 2.75) is 45.3 Å². The number of halogens is 3. The number of nitrogens with zero attached hydrogens (tertiary/aromatic N) is 2. The molecule has 0 saturated carbocycles. The van der Waals surface area contributed by atoms with Crippen LogP contribution in [-0.4, -0.2) is 34.3 Å². The fourth-order valence-corrected chi connectivity index (χ4v) is 4.91. The van der Waals surface area contributed by atoms with Gasteiger partial charge in [0, 0.05) is 17.6 Å². The molecule has 1 fully saturated rings. The summed E-state index contributed by atoms with van der Waals surface area (Å²) in [6, 6.07) is 0.424. The van der Waals surface area contributed by atoms with E-state index in [4.69, 9.17) is 0 Å². The first kappa shape index (κ1) is 18.2. The van der Waals surface area contributed by atoms with Gasteiger partial charge in [0.15, 0.2) is 0 Å². The Hall–Kier alpha value is -2.16. The van der Waals surface area contributed by atoms with E-state index in [2.05, 4.69) is 10.3 Å². The van der Waals surface area contributed by atoms with E-state index in [9.17, 15) is 22.8 Å². The first-order chi connectivity index (χ1) is 12.7. The second kappa shape index (κ2) is 6.19. The molecule has 0 radical (unpaired) electrons. The van der Waals surface area contributed by atoms with Gasteiger partial charge in [-0.25, -0.2) is 4.98 Å². The van der Waals surface area contributed by atoms with Crippen LogP contribution in [0.25, 0.3) is 10.2 Å². The highest BCUT2D eigenvalue weighted by atomic mass is 32.1. The Morgan fingerprint density at radius 1 is 1.37 bits per heavy atom. The van der Waals surface area contributed by atoms with E-state index in [-0.39, 0.29) is 26.7 Å². The standard InChI is InChI=1S/C18H18F3N3O2S/c1-8(2)6-9-7-10(18(19,20)21)12-13-14(27-16(12)22-9)17(26)24-5-3-4-11(24)15(25)23-13/h7-8,11H,3-6H2,1-2H3,(H,23,25). The van der Waals surface area contributed by atoms with Crippen molar-refractivity contribution in [2.24, 2.45) is 5.92 Å². The SMILES string of the molecule is CC(C)Cc1cc(C(F)(F)F)c2c3c(sc2n1)C(=O)N1CCCC1C(=O)N3. The summed E-state index contributed by atoms with van der Waals surface area (Å²) in [5.41, 5.74) is -0.565. The molecule has 144 valence electrons. The van der Waals surface area contributed by atoms with E-state index in [0.29, 0.717) is 31.5 Å². The largest absolute Gasteiger partial charge is 0.417 e. The number of thiophene rings is 1. The van der Waals surface area contributed by atoms with Crippen molar-refractivity contribution in [1.82, 2.24) is 9.88 Å². The van der Waals surface area contributed by atoms with Crippen LogP contribution in [0, 0.1) is 5.92 Å². The highest BCUT2D eigenvalue weighted by Gasteiger charge is 2.42. The monoisotopic (exact) mass is 397 g/mol. The Balaban J connectivity index is 1.96. The van der Waals surface area contributed by atoms with Crippen molar-refractivity contribution < 1.29 is 22.8 Å². The molecule has 9 heteroatoms. The first-order valence-electron chi connectivity index (χ1n) is 8.82. The highest BCUT2D eigenvalue weighted by molar-refractivity contribution is 7.21. The number of rotatable bonds is 2. The molecule has 0 bridgehead atoms. The highest BCUT2D eigenvalue weighted by Crippen LogP contribution is 2.45. The molecule has 2 aliphatic heterocycles.